The van der Waals surface area contributed by atoms with Crippen LogP contribution in [0.25, 0.3) is 0 Å². The van der Waals surface area contributed by atoms with E-state index in [0.29, 0.717) is 23.1 Å². The molecule has 0 amide bonds. The van der Waals surface area contributed by atoms with Crippen molar-refractivity contribution in [3.05, 3.63) is 93.0 Å². The lowest BCUT2D eigenvalue weighted by Gasteiger charge is -2.31. The molecule has 1 heterocycles. The largest absolute Gasteiger partial charge is 0.508 e. The minimum atomic E-state index is 0.00219. The van der Waals surface area contributed by atoms with Gasteiger partial charge in [-0.2, -0.15) is 0 Å². The summed E-state index contributed by atoms with van der Waals surface area (Å²) in [5.41, 5.74) is 3.97. The lowest BCUT2D eigenvalue weighted by atomic mass is 10.1. The van der Waals surface area contributed by atoms with Crippen LogP contribution < -0.4 is 0 Å². The Bertz CT molecular complexity index is 978. The number of phenols is 2. The zero-order valence-electron chi connectivity index (χ0n) is 16.7. The lowest BCUT2D eigenvalue weighted by Crippen LogP contribution is -2.30. The van der Waals surface area contributed by atoms with Crippen molar-refractivity contribution in [1.29, 1.82) is 0 Å². The Hall–Kier alpha value is -2.24. The van der Waals surface area contributed by atoms with Gasteiger partial charge in [0.25, 0.3) is 0 Å². The van der Waals surface area contributed by atoms with Crippen LogP contribution in [-0.2, 0) is 13.1 Å². The summed E-state index contributed by atoms with van der Waals surface area (Å²) in [6.45, 7) is 4.87. The van der Waals surface area contributed by atoms with E-state index in [1.807, 2.05) is 12.1 Å². The fraction of sp³-hybridized carbons (Fsp3) is 0.250. The monoisotopic (exact) mass is 442 g/mol. The van der Waals surface area contributed by atoms with Crippen molar-refractivity contribution in [2.75, 3.05) is 13.1 Å². The van der Waals surface area contributed by atoms with Gasteiger partial charge in [-0.1, -0.05) is 53.0 Å². The van der Waals surface area contributed by atoms with Gasteiger partial charge in [0.2, 0.25) is 0 Å². The van der Waals surface area contributed by atoms with Gasteiger partial charge in [-0.3, -0.25) is 9.80 Å². The summed E-state index contributed by atoms with van der Waals surface area (Å²) in [6.07, 6.45) is 0.00219. The van der Waals surface area contributed by atoms with Crippen molar-refractivity contribution in [1.82, 2.24) is 9.80 Å². The number of hydrogen-bond donors (Lipinski definition) is 2. The third kappa shape index (κ3) is 4.57. The number of benzene rings is 3. The maximum Gasteiger partial charge on any atom is 0.120 e. The number of aryl methyl sites for hydroxylation is 1. The third-order valence-electron chi connectivity index (χ3n) is 5.57. The Balaban J connectivity index is 1.65. The first-order chi connectivity index (χ1) is 14.4. The average molecular weight is 443 g/mol. The summed E-state index contributed by atoms with van der Waals surface area (Å²) >= 11 is 12.3. The highest BCUT2D eigenvalue weighted by Crippen LogP contribution is 2.36. The second kappa shape index (κ2) is 8.86. The van der Waals surface area contributed by atoms with Gasteiger partial charge in [0.1, 0.15) is 11.5 Å². The van der Waals surface area contributed by atoms with Crippen molar-refractivity contribution in [2.24, 2.45) is 0 Å². The molecule has 1 saturated heterocycles. The van der Waals surface area contributed by atoms with Crippen molar-refractivity contribution >= 4 is 23.2 Å². The van der Waals surface area contributed by atoms with E-state index in [1.54, 1.807) is 24.3 Å². The SMILES string of the molecule is Cc1ccc(C2N(Cc3cc(Cl)ccc3O)CCN2Cc2cc(Cl)ccc2O)cc1. The maximum absolute atomic E-state index is 10.3. The second-order valence-corrected chi connectivity index (χ2v) is 8.64. The summed E-state index contributed by atoms with van der Waals surface area (Å²) in [5, 5.41) is 21.8. The Morgan fingerprint density at radius 2 is 1.23 bits per heavy atom. The number of aromatic hydroxyl groups is 2. The highest BCUT2D eigenvalue weighted by Gasteiger charge is 2.34. The minimum absolute atomic E-state index is 0.00219. The van der Waals surface area contributed by atoms with Gasteiger partial charge in [-0.25, -0.2) is 0 Å². The Morgan fingerprint density at radius 3 is 1.70 bits per heavy atom. The van der Waals surface area contributed by atoms with Crippen LogP contribution in [0.3, 0.4) is 0 Å². The molecular formula is C24H24Cl2N2O2. The first-order valence-corrected chi connectivity index (χ1v) is 10.7. The zero-order chi connectivity index (χ0) is 21.3. The standard InChI is InChI=1S/C24H24Cl2N2O2/c1-16-2-4-17(5-3-16)24-27(14-18-12-20(25)6-8-22(18)29)10-11-28(24)15-19-13-21(26)7-9-23(19)30/h2-9,12-13,24,29-30H,10-11,14-15H2,1H3. The van der Waals surface area contributed by atoms with Crippen molar-refractivity contribution in [3.8, 4) is 11.5 Å². The molecule has 0 saturated carbocycles. The quantitative estimate of drug-likeness (QED) is 0.529. The lowest BCUT2D eigenvalue weighted by molar-refractivity contribution is 0.124. The van der Waals surface area contributed by atoms with E-state index >= 15 is 0 Å². The molecule has 0 radical (unpaired) electrons. The molecular weight excluding hydrogens is 419 g/mol. The zero-order valence-corrected chi connectivity index (χ0v) is 18.2. The summed E-state index contributed by atoms with van der Waals surface area (Å²) in [4.78, 5) is 4.63. The number of phenolic OH excluding ortho intramolecular Hbond substituents is 2. The molecule has 6 heteroatoms. The van der Waals surface area contributed by atoms with Crippen LogP contribution in [0.2, 0.25) is 10.0 Å². The topological polar surface area (TPSA) is 46.9 Å². The molecule has 1 fully saturated rings. The van der Waals surface area contributed by atoms with E-state index in [4.69, 9.17) is 23.2 Å². The molecule has 0 atom stereocenters. The van der Waals surface area contributed by atoms with Gasteiger partial charge in [-0.15, -0.1) is 0 Å². The van der Waals surface area contributed by atoms with Crippen molar-refractivity contribution < 1.29 is 10.2 Å². The smallest absolute Gasteiger partial charge is 0.120 e. The molecule has 3 aromatic rings. The molecule has 1 aliphatic heterocycles. The molecule has 30 heavy (non-hydrogen) atoms. The first kappa shape index (κ1) is 21.0. The fourth-order valence-corrected chi connectivity index (χ4v) is 4.41. The van der Waals surface area contributed by atoms with Gasteiger partial charge in [0.05, 0.1) is 6.17 Å². The van der Waals surface area contributed by atoms with E-state index in [9.17, 15) is 10.2 Å². The predicted octanol–water partition coefficient (Wildman–Crippen LogP) is 5.73. The summed E-state index contributed by atoms with van der Waals surface area (Å²) < 4.78 is 0. The molecule has 0 aromatic heterocycles. The molecule has 4 nitrogen and oxygen atoms in total. The van der Waals surface area contributed by atoms with Crippen LogP contribution in [0, 0.1) is 6.92 Å². The van der Waals surface area contributed by atoms with Crippen molar-refractivity contribution in [2.45, 2.75) is 26.2 Å². The number of nitrogens with zero attached hydrogens (tertiary/aromatic N) is 2. The van der Waals surface area contributed by atoms with Crippen LogP contribution in [0.1, 0.15) is 28.4 Å². The molecule has 2 N–H and O–H groups in total. The average Bonchev–Trinajstić information content (AvgIpc) is 3.10. The third-order valence-corrected chi connectivity index (χ3v) is 6.04. The fourth-order valence-electron chi connectivity index (χ4n) is 4.02. The highest BCUT2D eigenvalue weighted by molar-refractivity contribution is 6.31. The van der Waals surface area contributed by atoms with Crippen LogP contribution in [-0.4, -0.2) is 33.1 Å². The Labute approximate surface area is 186 Å². The summed E-state index contributed by atoms with van der Waals surface area (Å²) in [6, 6.07) is 18.8. The molecule has 0 spiro atoms. The minimum Gasteiger partial charge on any atom is -0.508 e. The summed E-state index contributed by atoms with van der Waals surface area (Å²) in [5.74, 6) is 0.487. The van der Waals surface area contributed by atoms with Gasteiger partial charge in [0.15, 0.2) is 0 Å². The normalized spacial score (nSPS) is 15.7. The molecule has 156 valence electrons. The molecule has 0 bridgehead atoms. The number of halogens is 2. The highest BCUT2D eigenvalue weighted by atomic mass is 35.5. The van der Waals surface area contributed by atoms with Crippen LogP contribution in [0.4, 0.5) is 0 Å². The molecule has 3 aromatic carbocycles. The molecule has 4 rings (SSSR count). The van der Waals surface area contributed by atoms with E-state index < -0.39 is 0 Å². The molecule has 0 aliphatic carbocycles. The number of rotatable bonds is 5. The Kier molecular flexibility index (Phi) is 6.21. The molecule has 0 unspecified atom stereocenters. The second-order valence-electron chi connectivity index (χ2n) is 7.77. The van der Waals surface area contributed by atoms with Crippen LogP contribution in [0.5, 0.6) is 11.5 Å². The number of hydrogen-bond acceptors (Lipinski definition) is 4. The van der Waals surface area contributed by atoms with Crippen LogP contribution in [0.15, 0.2) is 60.7 Å². The predicted molar refractivity (Wildman–Crippen MR) is 121 cm³/mol. The molecule has 1 aliphatic rings. The maximum atomic E-state index is 10.3. The van der Waals surface area contributed by atoms with Gasteiger partial charge < -0.3 is 10.2 Å². The van der Waals surface area contributed by atoms with Gasteiger partial charge in [-0.05, 0) is 48.9 Å². The summed E-state index contributed by atoms with van der Waals surface area (Å²) in [7, 11) is 0. The van der Waals surface area contributed by atoms with E-state index in [2.05, 4.69) is 41.0 Å². The first-order valence-electron chi connectivity index (χ1n) is 9.90. The van der Waals surface area contributed by atoms with Gasteiger partial charge in [0, 0.05) is 47.4 Å². The van der Waals surface area contributed by atoms with E-state index in [1.165, 1.54) is 11.1 Å². The van der Waals surface area contributed by atoms with Crippen molar-refractivity contribution in [3.63, 3.8) is 0 Å². The van der Waals surface area contributed by atoms with Crippen LogP contribution >= 0.6 is 23.2 Å². The van der Waals surface area contributed by atoms with Gasteiger partial charge >= 0.3 is 0 Å². The Morgan fingerprint density at radius 1 is 0.767 bits per heavy atom. The van der Waals surface area contributed by atoms with E-state index in [-0.39, 0.29) is 17.7 Å². The van der Waals surface area contributed by atoms with E-state index in [0.717, 1.165) is 24.2 Å².